The molecule has 0 saturated carbocycles. The Balaban J connectivity index is 1.86. The lowest BCUT2D eigenvalue weighted by Gasteiger charge is -2.00. The van der Waals surface area contributed by atoms with Crippen LogP contribution in [-0.4, -0.2) is 27.2 Å². The number of nitrogens with zero attached hydrogens (tertiary/aromatic N) is 3. The summed E-state index contributed by atoms with van der Waals surface area (Å²) in [5.41, 5.74) is 1.48. The van der Waals surface area contributed by atoms with E-state index in [9.17, 15) is 4.39 Å². The quantitative estimate of drug-likeness (QED) is 0.791. The molecule has 0 spiro atoms. The van der Waals surface area contributed by atoms with Crippen molar-refractivity contribution in [2.75, 3.05) is 6.86 Å². The average molecular weight is 274 g/mol. The van der Waals surface area contributed by atoms with E-state index in [0.29, 0.717) is 28.9 Å². The zero-order chi connectivity index (χ0) is 13.9. The van der Waals surface area contributed by atoms with E-state index in [2.05, 4.69) is 20.3 Å². The Morgan fingerprint density at radius 2 is 2.10 bits per heavy atom. The molecule has 3 aromatic rings. The van der Waals surface area contributed by atoms with Gasteiger partial charge in [-0.3, -0.25) is 5.10 Å². The first-order chi connectivity index (χ1) is 9.76. The number of ether oxygens (including phenoxy) is 1. The van der Waals surface area contributed by atoms with Crippen molar-refractivity contribution in [3.8, 4) is 28.6 Å². The number of aromatic nitrogens is 4. The predicted octanol–water partition coefficient (Wildman–Crippen LogP) is 2.74. The van der Waals surface area contributed by atoms with E-state index in [4.69, 9.17) is 9.26 Å². The van der Waals surface area contributed by atoms with Crippen LogP contribution in [0.2, 0.25) is 0 Å². The van der Waals surface area contributed by atoms with Gasteiger partial charge in [0.2, 0.25) is 18.4 Å². The molecule has 0 unspecified atom stereocenters. The molecular formula is C13H11FN4O2. The van der Waals surface area contributed by atoms with Gasteiger partial charge in [-0.15, -0.1) is 5.10 Å². The minimum absolute atomic E-state index is 0.457. The Morgan fingerprint density at radius 3 is 2.75 bits per heavy atom. The van der Waals surface area contributed by atoms with Crippen LogP contribution in [0.1, 0.15) is 5.82 Å². The number of alkyl halides is 1. The van der Waals surface area contributed by atoms with Crippen molar-refractivity contribution in [3.05, 3.63) is 36.2 Å². The number of hydrogen-bond acceptors (Lipinski definition) is 5. The minimum atomic E-state index is -0.850. The molecule has 1 aromatic carbocycles. The van der Waals surface area contributed by atoms with Crippen molar-refractivity contribution < 1.29 is 13.7 Å². The molecule has 0 saturated heterocycles. The molecule has 7 heteroatoms. The van der Waals surface area contributed by atoms with E-state index in [0.717, 1.165) is 5.56 Å². The molecule has 0 aliphatic carbocycles. The molecule has 1 N–H and O–H groups in total. The molecular weight excluding hydrogens is 263 g/mol. The number of rotatable bonds is 4. The summed E-state index contributed by atoms with van der Waals surface area (Å²) in [7, 11) is 0. The van der Waals surface area contributed by atoms with Gasteiger partial charge in [0, 0.05) is 11.6 Å². The van der Waals surface area contributed by atoms with Crippen molar-refractivity contribution >= 4 is 0 Å². The zero-order valence-electron chi connectivity index (χ0n) is 10.6. The first-order valence-electron chi connectivity index (χ1n) is 5.91. The molecule has 2 aromatic heterocycles. The van der Waals surface area contributed by atoms with Crippen LogP contribution in [0.25, 0.3) is 22.8 Å². The molecule has 0 bridgehead atoms. The van der Waals surface area contributed by atoms with E-state index in [1.165, 1.54) is 0 Å². The Morgan fingerprint density at radius 1 is 1.30 bits per heavy atom. The van der Waals surface area contributed by atoms with Gasteiger partial charge in [0.25, 0.3) is 0 Å². The molecule has 102 valence electrons. The van der Waals surface area contributed by atoms with E-state index < -0.39 is 6.86 Å². The highest BCUT2D eigenvalue weighted by Crippen LogP contribution is 2.25. The van der Waals surface area contributed by atoms with E-state index in [1.54, 1.807) is 37.3 Å². The minimum Gasteiger partial charge on any atom is -0.463 e. The number of hydrogen-bond donors (Lipinski definition) is 1. The van der Waals surface area contributed by atoms with Gasteiger partial charge in [-0.1, -0.05) is 5.16 Å². The van der Waals surface area contributed by atoms with E-state index in [1.807, 2.05) is 0 Å². The van der Waals surface area contributed by atoms with Crippen molar-refractivity contribution in [3.63, 3.8) is 0 Å². The van der Waals surface area contributed by atoms with E-state index >= 15 is 0 Å². The monoisotopic (exact) mass is 274 g/mol. The van der Waals surface area contributed by atoms with Crippen LogP contribution in [-0.2, 0) is 0 Å². The summed E-state index contributed by atoms with van der Waals surface area (Å²) in [5, 5.41) is 10.7. The summed E-state index contributed by atoms with van der Waals surface area (Å²) in [6.07, 6.45) is 0. The van der Waals surface area contributed by atoms with Gasteiger partial charge >= 0.3 is 0 Å². The standard InChI is InChI=1S/C13H11FN4O2/c1-8-15-13(17-16-8)12-6-11(18-20-12)9-2-4-10(5-3-9)19-7-14/h2-6H,7H2,1H3,(H,15,16,17). The molecule has 6 nitrogen and oxygen atoms in total. The fourth-order valence-corrected chi connectivity index (χ4v) is 1.75. The summed E-state index contributed by atoms with van der Waals surface area (Å²) in [5.74, 6) is 2.10. The lowest BCUT2D eigenvalue weighted by molar-refractivity contribution is 0.192. The Hall–Kier alpha value is -2.70. The van der Waals surface area contributed by atoms with Crippen LogP contribution in [0.4, 0.5) is 4.39 Å². The second kappa shape index (κ2) is 5.12. The Labute approximate surface area is 113 Å². The molecule has 0 atom stereocenters. The first-order valence-corrected chi connectivity index (χ1v) is 5.91. The van der Waals surface area contributed by atoms with Crippen LogP contribution in [0.3, 0.4) is 0 Å². The van der Waals surface area contributed by atoms with Crippen molar-refractivity contribution in [2.24, 2.45) is 0 Å². The maximum atomic E-state index is 12.0. The lowest BCUT2D eigenvalue weighted by atomic mass is 10.1. The van der Waals surface area contributed by atoms with Gasteiger partial charge in [-0.05, 0) is 31.2 Å². The van der Waals surface area contributed by atoms with Crippen LogP contribution < -0.4 is 4.74 Å². The third-order valence-corrected chi connectivity index (χ3v) is 2.70. The third kappa shape index (κ3) is 2.37. The summed E-state index contributed by atoms with van der Waals surface area (Å²) >= 11 is 0. The van der Waals surface area contributed by atoms with Gasteiger partial charge < -0.3 is 9.26 Å². The number of benzene rings is 1. The number of nitrogens with one attached hydrogen (secondary N) is 1. The number of halogens is 1. The zero-order valence-corrected chi connectivity index (χ0v) is 10.6. The van der Waals surface area contributed by atoms with Crippen molar-refractivity contribution in [1.82, 2.24) is 20.3 Å². The van der Waals surface area contributed by atoms with Crippen LogP contribution in [0, 0.1) is 6.92 Å². The molecule has 0 radical (unpaired) electrons. The molecule has 0 amide bonds. The molecule has 0 fully saturated rings. The van der Waals surface area contributed by atoms with Crippen molar-refractivity contribution in [1.29, 1.82) is 0 Å². The molecule has 0 aliphatic heterocycles. The first kappa shape index (κ1) is 12.3. The molecule has 20 heavy (non-hydrogen) atoms. The van der Waals surface area contributed by atoms with Gasteiger partial charge in [0.15, 0.2) is 0 Å². The van der Waals surface area contributed by atoms with Gasteiger partial charge in [-0.2, -0.15) is 0 Å². The van der Waals surface area contributed by atoms with Crippen LogP contribution in [0.5, 0.6) is 5.75 Å². The SMILES string of the molecule is Cc1nc(-c2cc(-c3ccc(OCF)cc3)no2)n[nH]1. The predicted molar refractivity (Wildman–Crippen MR) is 68.7 cm³/mol. The van der Waals surface area contributed by atoms with Crippen LogP contribution >= 0.6 is 0 Å². The number of aryl methyl sites for hydroxylation is 1. The second-order valence-corrected chi connectivity index (χ2v) is 4.10. The molecule has 3 rings (SSSR count). The molecule has 0 aliphatic rings. The van der Waals surface area contributed by atoms with Gasteiger partial charge in [-0.25, -0.2) is 9.37 Å². The Kier molecular flexibility index (Phi) is 3.16. The normalized spacial score (nSPS) is 10.7. The van der Waals surface area contributed by atoms with Crippen molar-refractivity contribution in [2.45, 2.75) is 6.92 Å². The maximum absolute atomic E-state index is 12.0. The highest BCUT2D eigenvalue weighted by molar-refractivity contribution is 5.64. The summed E-state index contributed by atoms with van der Waals surface area (Å²) in [4.78, 5) is 4.16. The smallest absolute Gasteiger partial charge is 0.228 e. The average Bonchev–Trinajstić information content (AvgIpc) is 3.09. The highest BCUT2D eigenvalue weighted by Gasteiger charge is 2.12. The number of aromatic amines is 1. The lowest BCUT2D eigenvalue weighted by Crippen LogP contribution is -1.89. The van der Waals surface area contributed by atoms with E-state index in [-0.39, 0.29) is 0 Å². The summed E-state index contributed by atoms with van der Waals surface area (Å²) in [6, 6.07) is 8.62. The van der Waals surface area contributed by atoms with Gasteiger partial charge in [0.05, 0.1) is 0 Å². The van der Waals surface area contributed by atoms with Gasteiger partial charge in [0.1, 0.15) is 17.3 Å². The summed E-state index contributed by atoms with van der Waals surface area (Å²) < 4.78 is 22.0. The number of H-pyrrole nitrogens is 1. The van der Waals surface area contributed by atoms with Crippen LogP contribution in [0.15, 0.2) is 34.9 Å². The summed E-state index contributed by atoms with van der Waals surface area (Å²) in [6.45, 7) is 0.953. The highest BCUT2D eigenvalue weighted by atomic mass is 19.1. The molecule has 2 heterocycles. The Bertz CT molecular complexity index is 705. The third-order valence-electron chi connectivity index (χ3n) is 2.70. The topological polar surface area (TPSA) is 76.8 Å². The fourth-order valence-electron chi connectivity index (χ4n) is 1.75. The largest absolute Gasteiger partial charge is 0.463 e. The fraction of sp³-hybridized carbons (Fsp3) is 0.154. The second-order valence-electron chi connectivity index (χ2n) is 4.10. The maximum Gasteiger partial charge on any atom is 0.228 e.